The van der Waals surface area contributed by atoms with Crippen LogP contribution in [0.1, 0.15) is 37.5 Å². The summed E-state index contributed by atoms with van der Waals surface area (Å²) in [7, 11) is -2.77. The Morgan fingerprint density at radius 3 is 2.69 bits per heavy atom. The van der Waals surface area contributed by atoms with Gasteiger partial charge in [-0.15, -0.1) is 0 Å². The van der Waals surface area contributed by atoms with Gasteiger partial charge in [-0.2, -0.15) is 13.2 Å². The van der Waals surface area contributed by atoms with Crippen LogP contribution in [0.4, 0.5) is 13.2 Å². The summed E-state index contributed by atoms with van der Waals surface area (Å²) in [5, 5.41) is 3.47. The Morgan fingerprint density at radius 2 is 2.00 bits per heavy atom. The molecule has 0 spiro atoms. The predicted molar refractivity (Wildman–Crippen MR) is 102 cm³/mol. The van der Waals surface area contributed by atoms with E-state index in [-0.39, 0.29) is 18.6 Å². The Labute approximate surface area is 166 Å². The van der Waals surface area contributed by atoms with Crippen molar-refractivity contribution in [2.45, 2.75) is 50.5 Å². The van der Waals surface area contributed by atoms with Crippen LogP contribution < -0.4 is 10.0 Å². The largest absolute Gasteiger partial charge is 0.401 e. The number of alkyl halides is 3. The first-order valence-electron chi connectivity index (χ1n) is 9.33. The van der Waals surface area contributed by atoms with Crippen LogP contribution >= 0.6 is 0 Å². The second-order valence-corrected chi connectivity index (χ2v) is 8.05. The Balaban J connectivity index is 1.63. The molecule has 0 amide bonds. The van der Waals surface area contributed by atoms with Crippen LogP contribution in [0.3, 0.4) is 0 Å². The maximum absolute atomic E-state index is 12.5. The highest BCUT2D eigenvalue weighted by molar-refractivity contribution is 7.70. The summed E-state index contributed by atoms with van der Waals surface area (Å²) >= 11 is 0. The molecule has 1 fully saturated rings. The van der Waals surface area contributed by atoms with E-state index in [2.05, 4.69) is 25.0 Å². The standard InChI is InChI=1S/C17H21F3N6O2S/c18-17(19,20)9-23-10-1-3-11(4-2-10)26-14(8-24-29(27)28)25-13-7-22-16-12(15(13)26)5-6-21-16/h5-7,10-11,23,29H,1-4,8-9H2,(H,21,22)(H,24,27,28)/t10-,11-. The van der Waals surface area contributed by atoms with E-state index in [4.69, 9.17) is 0 Å². The number of pyridine rings is 1. The topological polar surface area (TPSA) is 105 Å². The second kappa shape index (κ2) is 7.92. The molecule has 0 aliphatic heterocycles. The summed E-state index contributed by atoms with van der Waals surface area (Å²) in [6, 6.07) is 1.73. The van der Waals surface area contributed by atoms with Crippen molar-refractivity contribution in [1.82, 2.24) is 29.6 Å². The van der Waals surface area contributed by atoms with Crippen molar-refractivity contribution >= 4 is 33.0 Å². The number of hydrogen-bond donors (Lipinski definition) is 4. The minimum absolute atomic E-state index is 0.0192. The molecule has 1 aliphatic rings. The third-order valence-corrected chi connectivity index (χ3v) is 5.74. The normalized spacial score (nSPS) is 20.8. The lowest BCUT2D eigenvalue weighted by Gasteiger charge is -2.31. The first-order valence-corrected chi connectivity index (χ1v) is 10.5. The number of nitrogens with one attached hydrogen (secondary N) is 3. The maximum atomic E-state index is 12.5. The Bertz CT molecular complexity index is 1070. The van der Waals surface area contributed by atoms with E-state index in [1.54, 1.807) is 12.4 Å². The molecule has 0 saturated heterocycles. The van der Waals surface area contributed by atoms with Gasteiger partial charge in [-0.25, -0.2) is 23.1 Å². The van der Waals surface area contributed by atoms with Crippen molar-refractivity contribution in [2.24, 2.45) is 0 Å². The molecule has 0 unspecified atom stereocenters. The Hall–Kier alpha value is -2.18. The number of H-pyrrole nitrogens is 1. The zero-order chi connectivity index (χ0) is 20.6. The smallest absolute Gasteiger partial charge is 0.346 e. The van der Waals surface area contributed by atoms with E-state index >= 15 is 0 Å². The van der Waals surface area contributed by atoms with Gasteiger partial charge in [0.25, 0.3) is 0 Å². The number of halogens is 3. The van der Waals surface area contributed by atoms with Gasteiger partial charge in [0.15, 0.2) is 0 Å². The average molecular weight is 430 g/mol. The summed E-state index contributed by atoms with van der Waals surface area (Å²) in [6.07, 6.45) is 1.74. The monoisotopic (exact) mass is 430 g/mol. The zero-order valence-corrected chi connectivity index (χ0v) is 16.3. The number of aromatic nitrogens is 4. The van der Waals surface area contributed by atoms with Crippen LogP contribution in [0.25, 0.3) is 22.1 Å². The number of hydrogen-bond acceptors (Lipinski definition) is 5. The fraction of sp³-hybridized carbons (Fsp3) is 0.529. The minimum Gasteiger partial charge on any atom is -0.346 e. The lowest BCUT2D eigenvalue weighted by Crippen LogP contribution is -2.39. The molecule has 158 valence electrons. The molecular formula is C17H21F3N6O2S. The molecule has 1 aliphatic carbocycles. The molecule has 0 aromatic carbocycles. The molecule has 0 radical (unpaired) electrons. The highest BCUT2D eigenvalue weighted by Crippen LogP contribution is 2.35. The van der Waals surface area contributed by atoms with Gasteiger partial charge < -0.3 is 14.9 Å². The van der Waals surface area contributed by atoms with Crippen molar-refractivity contribution in [2.75, 3.05) is 6.54 Å². The summed E-state index contributed by atoms with van der Waals surface area (Å²) in [5.74, 6) is 0.571. The van der Waals surface area contributed by atoms with Crippen LogP contribution in [0.2, 0.25) is 0 Å². The van der Waals surface area contributed by atoms with Crippen LogP contribution in [0, 0.1) is 0 Å². The average Bonchev–Trinajstić information content (AvgIpc) is 3.28. The number of rotatable bonds is 6. The van der Waals surface area contributed by atoms with Gasteiger partial charge in [0.05, 0.1) is 24.8 Å². The van der Waals surface area contributed by atoms with Crippen molar-refractivity contribution in [3.05, 3.63) is 24.3 Å². The SMILES string of the molecule is O=[SH](=O)NCc1nc2cnc3[nH]ccc3c2n1[C@H]1CC[C@H](NCC(F)(F)F)CC1. The lowest BCUT2D eigenvalue weighted by atomic mass is 9.90. The third-order valence-electron chi connectivity index (χ3n) is 5.33. The number of nitrogens with zero attached hydrogens (tertiary/aromatic N) is 3. The van der Waals surface area contributed by atoms with Gasteiger partial charge in [-0.3, -0.25) is 0 Å². The molecule has 3 N–H and O–H groups in total. The molecule has 0 atom stereocenters. The van der Waals surface area contributed by atoms with E-state index in [9.17, 15) is 21.6 Å². The molecule has 29 heavy (non-hydrogen) atoms. The van der Waals surface area contributed by atoms with Crippen molar-refractivity contribution in [3.63, 3.8) is 0 Å². The van der Waals surface area contributed by atoms with Gasteiger partial charge in [-0.05, 0) is 31.7 Å². The second-order valence-electron chi connectivity index (χ2n) is 7.22. The number of imidazole rings is 1. The van der Waals surface area contributed by atoms with E-state index < -0.39 is 23.6 Å². The van der Waals surface area contributed by atoms with E-state index in [0.717, 1.165) is 10.9 Å². The van der Waals surface area contributed by atoms with Gasteiger partial charge in [0, 0.05) is 23.7 Å². The first kappa shape index (κ1) is 20.1. The van der Waals surface area contributed by atoms with Crippen LogP contribution in [-0.4, -0.2) is 46.7 Å². The quantitative estimate of drug-likeness (QED) is 0.449. The van der Waals surface area contributed by atoms with Crippen LogP contribution in [0.5, 0.6) is 0 Å². The highest BCUT2D eigenvalue weighted by atomic mass is 32.2. The highest BCUT2D eigenvalue weighted by Gasteiger charge is 2.31. The molecule has 4 rings (SSSR count). The summed E-state index contributed by atoms with van der Waals surface area (Å²) in [4.78, 5) is 12.0. The van der Waals surface area contributed by atoms with E-state index in [1.807, 2.05) is 10.6 Å². The molecule has 12 heteroatoms. The molecule has 8 nitrogen and oxygen atoms in total. The van der Waals surface area contributed by atoms with Gasteiger partial charge in [-0.1, -0.05) is 0 Å². The van der Waals surface area contributed by atoms with Crippen LogP contribution in [0.15, 0.2) is 18.5 Å². The summed E-state index contributed by atoms with van der Waals surface area (Å²) in [6.45, 7) is -0.941. The molecule has 3 heterocycles. The Morgan fingerprint density at radius 1 is 1.24 bits per heavy atom. The van der Waals surface area contributed by atoms with Crippen molar-refractivity contribution in [1.29, 1.82) is 0 Å². The molecule has 1 saturated carbocycles. The molecule has 3 aromatic rings. The zero-order valence-electron chi connectivity index (χ0n) is 15.4. The number of aromatic amines is 1. The third kappa shape index (κ3) is 4.38. The number of fused-ring (bicyclic) bond motifs is 3. The molecular weight excluding hydrogens is 409 g/mol. The van der Waals surface area contributed by atoms with Crippen molar-refractivity contribution in [3.8, 4) is 0 Å². The fourth-order valence-electron chi connectivity index (χ4n) is 4.09. The van der Waals surface area contributed by atoms with E-state index in [0.29, 0.717) is 42.7 Å². The first-order chi connectivity index (χ1) is 13.8. The summed E-state index contributed by atoms with van der Waals surface area (Å²) in [5.41, 5.74) is 2.22. The van der Waals surface area contributed by atoms with Crippen LogP contribution in [-0.2, 0) is 17.4 Å². The van der Waals surface area contributed by atoms with Crippen molar-refractivity contribution < 1.29 is 21.6 Å². The Kier molecular flexibility index (Phi) is 5.49. The van der Waals surface area contributed by atoms with Gasteiger partial charge in [0.2, 0.25) is 10.9 Å². The van der Waals surface area contributed by atoms with Gasteiger partial charge in [0.1, 0.15) is 17.0 Å². The number of thiol groups is 1. The lowest BCUT2D eigenvalue weighted by molar-refractivity contribution is -0.126. The fourth-order valence-corrected chi connectivity index (χ4v) is 4.36. The predicted octanol–water partition coefficient (Wildman–Crippen LogP) is 2.16. The minimum atomic E-state index is -4.22. The van der Waals surface area contributed by atoms with E-state index in [1.165, 1.54) is 0 Å². The molecule has 3 aromatic heterocycles. The molecule has 0 bridgehead atoms. The maximum Gasteiger partial charge on any atom is 0.401 e. The summed E-state index contributed by atoms with van der Waals surface area (Å²) < 4.78 is 63.8. The van der Waals surface area contributed by atoms with Gasteiger partial charge >= 0.3 is 6.18 Å².